The van der Waals surface area contributed by atoms with Gasteiger partial charge in [-0.05, 0) is 6.07 Å². The molecule has 11 nitrogen and oxygen atoms in total. The Morgan fingerprint density at radius 3 is 2.84 bits per heavy atom. The number of ether oxygens (including phenoxy) is 2. The number of nitrogens with one attached hydrogen (secondary N) is 1. The molecule has 1 unspecified atom stereocenters. The summed E-state index contributed by atoms with van der Waals surface area (Å²) in [6, 6.07) is 2.38. The van der Waals surface area contributed by atoms with Crippen LogP contribution in [0.4, 0.5) is 11.4 Å². The molecule has 0 saturated heterocycles. The number of carbonyl (C=O) groups is 3. The number of carbonyl (C=O) groups excluding carboxylic acids is 2. The maximum atomic E-state index is 12.1. The second-order valence-electron chi connectivity index (χ2n) is 5.09. The summed E-state index contributed by atoms with van der Waals surface area (Å²) in [5.74, 6) is -2.41. The number of hydrogen-bond donors (Lipinski definition) is 2. The minimum absolute atomic E-state index is 0.0687. The monoisotopic (exact) mass is 353 g/mol. The van der Waals surface area contributed by atoms with Crippen LogP contribution in [0.15, 0.2) is 18.2 Å². The Labute approximate surface area is 141 Å². The lowest BCUT2D eigenvalue weighted by atomic mass is 10.2. The number of nitro groups is 1. The third-order valence-corrected chi connectivity index (χ3v) is 3.36. The van der Waals surface area contributed by atoms with Crippen LogP contribution in [0.5, 0.6) is 5.75 Å². The molecule has 1 aromatic rings. The quantitative estimate of drug-likeness (QED) is 0.494. The largest absolute Gasteiger partial charge is 0.482 e. The molecule has 0 bridgehead atoms. The van der Waals surface area contributed by atoms with Crippen molar-refractivity contribution in [3.63, 3.8) is 0 Å². The molecule has 2 rings (SSSR count). The number of anilines is 1. The van der Waals surface area contributed by atoms with Crippen molar-refractivity contribution < 1.29 is 33.9 Å². The lowest BCUT2D eigenvalue weighted by Crippen LogP contribution is -2.50. The Morgan fingerprint density at radius 1 is 1.52 bits per heavy atom. The fourth-order valence-corrected chi connectivity index (χ4v) is 2.20. The van der Waals surface area contributed by atoms with Crippen LogP contribution in [-0.4, -0.2) is 60.7 Å². The molecule has 11 heteroatoms. The topological polar surface area (TPSA) is 148 Å². The van der Waals surface area contributed by atoms with Crippen molar-refractivity contribution in [3.8, 4) is 5.75 Å². The maximum absolute atomic E-state index is 12.1. The van der Waals surface area contributed by atoms with E-state index in [0.29, 0.717) is 0 Å². The molecule has 1 atom stereocenters. The summed E-state index contributed by atoms with van der Waals surface area (Å²) in [7, 11) is 1.28. The van der Waals surface area contributed by atoms with Gasteiger partial charge in [0.05, 0.1) is 17.2 Å². The van der Waals surface area contributed by atoms with Gasteiger partial charge >= 0.3 is 5.97 Å². The molecule has 0 fully saturated rings. The van der Waals surface area contributed by atoms with Crippen molar-refractivity contribution >= 4 is 29.2 Å². The van der Waals surface area contributed by atoms with E-state index in [1.807, 2.05) is 0 Å². The Hall–Kier alpha value is -3.21. The molecule has 0 aromatic heterocycles. The van der Waals surface area contributed by atoms with E-state index in [9.17, 15) is 24.5 Å². The first-order chi connectivity index (χ1) is 11.8. The predicted octanol–water partition coefficient (Wildman–Crippen LogP) is -0.464. The number of carboxylic acid groups (broad SMARTS) is 1. The van der Waals surface area contributed by atoms with E-state index in [2.05, 4.69) is 5.32 Å². The lowest BCUT2D eigenvalue weighted by molar-refractivity contribution is -0.384. The standard InChI is InChI=1S/C14H15N3O8/c1-24-6-9(14(20)21)15-12(18)5-16-10-4-8(17(22)23)2-3-11(10)25-7-13(16)19/h2-4,9H,5-7H2,1H3,(H,15,18)(H,20,21). The van der Waals surface area contributed by atoms with Crippen LogP contribution in [0.25, 0.3) is 0 Å². The number of aliphatic carboxylic acids is 1. The molecule has 1 aliphatic rings. The molecule has 0 aliphatic carbocycles. The molecule has 1 aromatic carbocycles. The highest BCUT2D eigenvalue weighted by Crippen LogP contribution is 2.35. The predicted molar refractivity (Wildman–Crippen MR) is 82.4 cm³/mol. The molecule has 0 radical (unpaired) electrons. The normalized spacial score (nSPS) is 14.3. The molecule has 134 valence electrons. The highest BCUT2D eigenvalue weighted by molar-refractivity contribution is 6.02. The van der Waals surface area contributed by atoms with E-state index in [1.54, 1.807) is 0 Å². The minimum atomic E-state index is -1.29. The summed E-state index contributed by atoms with van der Waals surface area (Å²) >= 11 is 0. The molecule has 0 saturated carbocycles. The number of nitro benzene ring substituents is 1. The average Bonchev–Trinajstić information content (AvgIpc) is 2.56. The fourth-order valence-electron chi connectivity index (χ4n) is 2.20. The van der Waals surface area contributed by atoms with E-state index >= 15 is 0 Å². The molecular formula is C14H15N3O8. The molecule has 0 spiro atoms. The van der Waals surface area contributed by atoms with Gasteiger partial charge in [0, 0.05) is 19.2 Å². The highest BCUT2D eigenvalue weighted by atomic mass is 16.6. The van der Waals surface area contributed by atoms with Crippen LogP contribution in [-0.2, 0) is 19.1 Å². The first-order valence-electron chi connectivity index (χ1n) is 7.06. The number of methoxy groups -OCH3 is 1. The van der Waals surface area contributed by atoms with Gasteiger partial charge in [-0.2, -0.15) is 0 Å². The van der Waals surface area contributed by atoms with Gasteiger partial charge in [0.15, 0.2) is 12.6 Å². The second-order valence-corrected chi connectivity index (χ2v) is 5.09. The second kappa shape index (κ2) is 7.57. The number of benzene rings is 1. The molecular weight excluding hydrogens is 338 g/mol. The van der Waals surface area contributed by atoms with Gasteiger partial charge in [0.1, 0.15) is 12.3 Å². The SMILES string of the molecule is COCC(NC(=O)CN1C(=O)COc2ccc([N+](=O)[O-])cc21)C(=O)O. The zero-order chi connectivity index (χ0) is 18.6. The Balaban J connectivity index is 2.20. The van der Waals surface area contributed by atoms with Crippen molar-refractivity contribution in [2.45, 2.75) is 6.04 Å². The summed E-state index contributed by atoms with van der Waals surface area (Å²) in [6.45, 7) is -1.09. The number of amides is 2. The first kappa shape index (κ1) is 18.1. The maximum Gasteiger partial charge on any atom is 0.328 e. The van der Waals surface area contributed by atoms with E-state index in [4.69, 9.17) is 14.6 Å². The van der Waals surface area contributed by atoms with Crippen molar-refractivity contribution in [1.82, 2.24) is 5.32 Å². The third kappa shape index (κ3) is 4.20. The number of fused-ring (bicyclic) bond motifs is 1. The van der Waals surface area contributed by atoms with Gasteiger partial charge < -0.3 is 19.9 Å². The number of nitrogens with zero attached hydrogens (tertiary/aromatic N) is 2. The Bertz CT molecular complexity index is 720. The van der Waals surface area contributed by atoms with Crippen molar-refractivity contribution in [3.05, 3.63) is 28.3 Å². The average molecular weight is 353 g/mol. The van der Waals surface area contributed by atoms with Gasteiger partial charge in [0.25, 0.3) is 11.6 Å². The van der Waals surface area contributed by atoms with E-state index in [-0.39, 0.29) is 30.3 Å². The lowest BCUT2D eigenvalue weighted by Gasteiger charge is -2.29. The van der Waals surface area contributed by atoms with Crippen LogP contribution >= 0.6 is 0 Å². The summed E-state index contributed by atoms with van der Waals surface area (Å²) in [6.07, 6.45) is 0. The van der Waals surface area contributed by atoms with E-state index < -0.39 is 35.3 Å². The van der Waals surface area contributed by atoms with Crippen LogP contribution < -0.4 is 15.0 Å². The zero-order valence-electron chi connectivity index (χ0n) is 13.1. The molecule has 2 amide bonds. The van der Waals surface area contributed by atoms with Gasteiger partial charge in [-0.1, -0.05) is 0 Å². The number of carboxylic acids is 1. The number of hydrogen-bond acceptors (Lipinski definition) is 7. The van der Waals surface area contributed by atoms with Crippen molar-refractivity contribution in [1.29, 1.82) is 0 Å². The van der Waals surface area contributed by atoms with Crippen LogP contribution in [0.1, 0.15) is 0 Å². The summed E-state index contributed by atoms with van der Waals surface area (Å²) in [5.41, 5.74) is -0.204. The summed E-state index contributed by atoms with van der Waals surface area (Å²) in [4.78, 5) is 46.4. The first-order valence-corrected chi connectivity index (χ1v) is 7.06. The molecule has 1 aliphatic heterocycles. The summed E-state index contributed by atoms with van der Waals surface area (Å²) < 4.78 is 9.89. The summed E-state index contributed by atoms with van der Waals surface area (Å²) in [5, 5.41) is 22.1. The number of non-ortho nitro benzene ring substituents is 1. The Kier molecular flexibility index (Phi) is 5.49. The van der Waals surface area contributed by atoms with E-state index in [0.717, 1.165) is 11.0 Å². The van der Waals surface area contributed by atoms with Crippen LogP contribution in [0.2, 0.25) is 0 Å². The van der Waals surface area contributed by atoms with Gasteiger partial charge in [0.2, 0.25) is 5.91 Å². The van der Waals surface area contributed by atoms with Crippen LogP contribution in [0.3, 0.4) is 0 Å². The van der Waals surface area contributed by atoms with Crippen molar-refractivity contribution in [2.75, 3.05) is 31.8 Å². The third-order valence-electron chi connectivity index (χ3n) is 3.36. The number of rotatable bonds is 7. The minimum Gasteiger partial charge on any atom is -0.482 e. The van der Waals surface area contributed by atoms with Crippen LogP contribution in [0, 0.1) is 10.1 Å². The fraction of sp³-hybridized carbons (Fsp3) is 0.357. The molecule has 1 heterocycles. The van der Waals surface area contributed by atoms with E-state index in [1.165, 1.54) is 19.2 Å². The highest BCUT2D eigenvalue weighted by Gasteiger charge is 2.30. The van der Waals surface area contributed by atoms with Gasteiger partial charge in [-0.25, -0.2) is 4.79 Å². The molecule has 2 N–H and O–H groups in total. The van der Waals surface area contributed by atoms with Crippen molar-refractivity contribution in [2.24, 2.45) is 0 Å². The zero-order valence-corrected chi connectivity index (χ0v) is 13.1. The Morgan fingerprint density at radius 2 is 2.24 bits per heavy atom. The smallest absolute Gasteiger partial charge is 0.328 e. The van der Waals surface area contributed by atoms with Gasteiger partial charge in [-0.3, -0.25) is 24.6 Å². The van der Waals surface area contributed by atoms with Gasteiger partial charge in [-0.15, -0.1) is 0 Å². The molecule has 25 heavy (non-hydrogen) atoms.